The summed E-state index contributed by atoms with van der Waals surface area (Å²) in [4.78, 5) is 8.11. The summed E-state index contributed by atoms with van der Waals surface area (Å²) >= 11 is 0. The molecule has 0 spiro atoms. The van der Waals surface area contributed by atoms with E-state index < -0.39 is 0 Å². The molecule has 3 rings (SSSR count). The van der Waals surface area contributed by atoms with Crippen molar-refractivity contribution in [2.75, 3.05) is 11.1 Å². The first-order valence-electron chi connectivity index (χ1n) is 6.57. The Morgan fingerprint density at radius 1 is 1.41 bits per heavy atom. The van der Waals surface area contributed by atoms with Gasteiger partial charge in [-0.2, -0.15) is 4.98 Å². The fourth-order valence-electron chi connectivity index (χ4n) is 3.70. The van der Waals surface area contributed by atoms with Crippen LogP contribution in [0.2, 0.25) is 0 Å². The summed E-state index contributed by atoms with van der Waals surface area (Å²) in [5, 5.41) is 3.48. The van der Waals surface area contributed by atoms with E-state index in [2.05, 4.69) is 22.2 Å². The molecule has 2 bridgehead atoms. The molecule has 2 aliphatic rings. The highest BCUT2D eigenvalue weighted by Crippen LogP contribution is 2.49. The monoisotopic (exact) mass is 232 g/mol. The Bertz CT molecular complexity index is 406. The van der Waals surface area contributed by atoms with Crippen molar-refractivity contribution in [3.63, 3.8) is 0 Å². The first kappa shape index (κ1) is 10.8. The lowest BCUT2D eigenvalue weighted by Gasteiger charge is -2.28. The third kappa shape index (κ3) is 2.08. The fraction of sp³-hybridized carbons (Fsp3) is 0.692. The van der Waals surface area contributed by atoms with Gasteiger partial charge in [0.1, 0.15) is 5.82 Å². The van der Waals surface area contributed by atoms with Crippen molar-refractivity contribution in [3.05, 3.63) is 12.3 Å². The number of nitrogens with one attached hydrogen (secondary N) is 1. The van der Waals surface area contributed by atoms with E-state index in [9.17, 15) is 0 Å². The number of nitrogens with zero attached hydrogens (tertiary/aromatic N) is 2. The van der Waals surface area contributed by atoms with Gasteiger partial charge in [0.15, 0.2) is 0 Å². The van der Waals surface area contributed by atoms with Crippen molar-refractivity contribution in [3.8, 4) is 0 Å². The van der Waals surface area contributed by atoms with Crippen LogP contribution in [0.1, 0.15) is 32.6 Å². The quantitative estimate of drug-likeness (QED) is 0.839. The molecular formula is C13H20N4. The van der Waals surface area contributed by atoms with Gasteiger partial charge in [0.2, 0.25) is 5.95 Å². The van der Waals surface area contributed by atoms with E-state index in [4.69, 9.17) is 5.73 Å². The molecule has 0 aliphatic heterocycles. The van der Waals surface area contributed by atoms with E-state index >= 15 is 0 Å². The zero-order valence-electron chi connectivity index (χ0n) is 10.3. The molecule has 4 unspecified atom stereocenters. The summed E-state index contributed by atoms with van der Waals surface area (Å²) in [6.07, 6.45) is 7.42. The Kier molecular flexibility index (Phi) is 2.65. The zero-order chi connectivity index (χ0) is 11.8. The molecule has 0 aromatic carbocycles. The second-order valence-electron chi connectivity index (χ2n) is 5.57. The summed E-state index contributed by atoms with van der Waals surface area (Å²) in [7, 11) is 0. The summed E-state index contributed by atoms with van der Waals surface area (Å²) in [6.45, 7) is 2.27. The molecule has 17 heavy (non-hydrogen) atoms. The molecule has 3 N–H and O–H groups in total. The third-order valence-corrected chi connectivity index (χ3v) is 4.48. The fourth-order valence-corrected chi connectivity index (χ4v) is 3.70. The molecular weight excluding hydrogens is 212 g/mol. The van der Waals surface area contributed by atoms with Gasteiger partial charge in [0.05, 0.1) is 0 Å². The molecule has 0 radical (unpaired) electrons. The van der Waals surface area contributed by atoms with Crippen molar-refractivity contribution in [2.45, 2.75) is 38.6 Å². The van der Waals surface area contributed by atoms with Crippen LogP contribution >= 0.6 is 0 Å². The second-order valence-corrected chi connectivity index (χ2v) is 5.57. The number of hydrogen-bond acceptors (Lipinski definition) is 4. The molecule has 2 aliphatic carbocycles. The number of nitrogen functional groups attached to an aromatic ring is 1. The van der Waals surface area contributed by atoms with Crippen LogP contribution in [0, 0.1) is 17.8 Å². The van der Waals surface area contributed by atoms with E-state index in [0.29, 0.717) is 12.0 Å². The molecule has 0 amide bonds. The van der Waals surface area contributed by atoms with E-state index in [1.165, 1.54) is 25.7 Å². The highest BCUT2D eigenvalue weighted by atomic mass is 15.1. The third-order valence-electron chi connectivity index (χ3n) is 4.48. The standard InChI is InChI=1S/C13H20N4/c1-8(11-7-9-2-3-10(11)6-9)16-12-4-5-15-13(14)17-12/h4-5,8-11H,2-3,6-7H2,1H3,(H3,14,15,16,17). The smallest absolute Gasteiger partial charge is 0.221 e. The maximum absolute atomic E-state index is 5.59. The number of aromatic nitrogens is 2. The number of nitrogens with two attached hydrogens (primary N) is 1. The van der Waals surface area contributed by atoms with Gasteiger partial charge in [-0.05, 0) is 50.0 Å². The van der Waals surface area contributed by atoms with Crippen LogP contribution in [-0.2, 0) is 0 Å². The molecule has 4 heteroatoms. The van der Waals surface area contributed by atoms with Crippen LogP contribution in [0.25, 0.3) is 0 Å². The van der Waals surface area contributed by atoms with Crippen LogP contribution in [0.4, 0.5) is 11.8 Å². The molecule has 4 nitrogen and oxygen atoms in total. The summed E-state index contributed by atoms with van der Waals surface area (Å²) < 4.78 is 0. The Morgan fingerprint density at radius 3 is 2.94 bits per heavy atom. The van der Waals surface area contributed by atoms with Gasteiger partial charge >= 0.3 is 0 Å². The Hall–Kier alpha value is -1.32. The van der Waals surface area contributed by atoms with Crippen molar-refractivity contribution in [1.82, 2.24) is 9.97 Å². The first-order valence-corrected chi connectivity index (χ1v) is 6.57. The lowest BCUT2D eigenvalue weighted by Crippen LogP contribution is -2.30. The summed E-state index contributed by atoms with van der Waals surface area (Å²) in [5.74, 6) is 3.93. The number of hydrogen-bond donors (Lipinski definition) is 2. The summed E-state index contributed by atoms with van der Waals surface area (Å²) in [6, 6.07) is 2.37. The van der Waals surface area contributed by atoms with E-state index in [1.807, 2.05) is 6.07 Å². The van der Waals surface area contributed by atoms with E-state index in [1.54, 1.807) is 6.20 Å². The van der Waals surface area contributed by atoms with Crippen LogP contribution in [0.15, 0.2) is 12.3 Å². The largest absolute Gasteiger partial charge is 0.368 e. The van der Waals surface area contributed by atoms with Gasteiger partial charge in [-0.3, -0.25) is 0 Å². The predicted molar refractivity (Wildman–Crippen MR) is 68.5 cm³/mol. The minimum Gasteiger partial charge on any atom is -0.368 e. The van der Waals surface area contributed by atoms with E-state index in [-0.39, 0.29) is 0 Å². The van der Waals surface area contributed by atoms with Crippen molar-refractivity contribution in [1.29, 1.82) is 0 Å². The van der Waals surface area contributed by atoms with Gasteiger partial charge in [-0.25, -0.2) is 4.98 Å². The predicted octanol–water partition coefficient (Wildman–Crippen LogP) is 2.30. The second kappa shape index (κ2) is 4.17. The molecule has 1 aromatic rings. The minimum atomic E-state index is 0.343. The molecule has 92 valence electrons. The van der Waals surface area contributed by atoms with Crippen molar-refractivity contribution < 1.29 is 0 Å². The Labute approximate surface area is 102 Å². The molecule has 1 heterocycles. The first-order chi connectivity index (χ1) is 8.22. The number of fused-ring (bicyclic) bond motifs is 2. The average Bonchev–Trinajstić information content (AvgIpc) is 2.90. The van der Waals surface area contributed by atoms with Crippen molar-refractivity contribution in [2.24, 2.45) is 17.8 Å². The van der Waals surface area contributed by atoms with Gasteiger partial charge in [0, 0.05) is 12.2 Å². The highest BCUT2D eigenvalue weighted by Gasteiger charge is 2.41. The van der Waals surface area contributed by atoms with Gasteiger partial charge in [0.25, 0.3) is 0 Å². The van der Waals surface area contributed by atoms with Gasteiger partial charge in [-0.15, -0.1) is 0 Å². The van der Waals surface area contributed by atoms with Crippen LogP contribution < -0.4 is 11.1 Å². The Morgan fingerprint density at radius 2 is 2.29 bits per heavy atom. The van der Waals surface area contributed by atoms with Crippen LogP contribution in [0.5, 0.6) is 0 Å². The Balaban J connectivity index is 1.65. The maximum Gasteiger partial charge on any atom is 0.221 e. The molecule has 1 aromatic heterocycles. The van der Waals surface area contributed by atoms with Gasteiger partial charge < -0.3 is 11.1 Å². The lowest BCUT2D eigenvalue weighted by atomic mass is 9.84. The molecule has 4 atom stereocenters. The van der Waals surface area contributed by atoms with Crippen LogP contribution in [0.3, 0.4) is 0 Å². The summed E-state index contributed by atoms with van der Waals surface area (Å²) in [5.41, 5.74) is 5.59. The highest BCUT2D eigenvalue weighted by molar-refractivity contribution is 5.38. The van der Waals surface area contributed by atoms with Crippen LogP contribution in [-0.4, -0.2) is 16.0 Å². The molecule has 0 saturated heterocycles. The normalized spacial score (nSPS) is 32.6. The topological polar surface area (TPSA) is 63.8 Å². The zero-order valence-corrected chi connectivity index (χ0v) is 10.3. The van der Waals surface area contributed by atoms with E-state index in [0.717, 1.165) is 23.6 Å². The maximum atomic E-state index is 5.59. The molecule has 2 fully saturated rings. The van der Waals surface area contributed by atoms with Crippen molar-refractivity contribution >= 4 is 11.8 Å². The number of anilines is 2. The SMILES string of the molecule is CC(Nc1ccnc(N)n1)C1CC2CCC1C2. The average molecular weight is 232 g/mol. The minimum absolute atomic E-state index is 0.343. The lowest BCUT2D eigenvalue weighted by molar-refractivity contribution is 0.304. The number of rotatable bonds is 3. The molecule has 2 saturated carbocycles. The van der Waals surface area contributed by atoms with Gasteiger partial charge in [-0.1, -0.05) is 6.42 Å².